The minimum absolute atomic E-state index is 0.0774. The van der Waals surface area contributed by atoms with Gasteiger partial charge in [-0.05, 0) is 0 Å². The number of aliphatic carboxylic acids is 1. The Morgan fingerprint density at radius 2 is 2.31 bits per heavy atom. The molecule has 94 valence electrons. The van der Waals surface area contributed by atoms with Crippen LogP contribution in [0.1, 0.15) is 0 Å². The fourth-order valence-corrected chi connectivity index (χ4v) is 4.62. The number of thioether (sulfide) groups is 1. The molecule has 8 heteroatoms. The quantitative estimate of drug-likeness (QED) is 0.661. The van der Waals surface area contributed by atoms with Crippen molar-refractivity contribution >= 4 is 27.6 Å². The van der Waals surface area contributed by atoms with Gasteiger partial charge >= 0.3 is 5.97 Å². The molecule has 1 heterocycles. The van der Waals surface area contributed by atoms with Crippen LogP contribution in [0.25, 0.3) is 0 Å². The SMILES string of the molecule is CS(=O)(=O)C1CSCCN1C(CN)C(=O)O. The average Bonchev–Trinajstić information content (AvgIpc) is 2.17. The van der Waals surface area contributed by atoms with Crippen LogP contribution in [0.15, 0.2) is 0 Å². The molecule has 2 unspecified atom stereocenters. The summed E-state index contributed by atoms with van der Waals surface area (Å²) >= 11 is 1.52. The molecular weight excluding hydrogens is 252 g/mol. The standard InChI is InChI=1S/C8H16N2O4S2/c1-16(13,14)7-5-15-3-2-10(7)6(4-9)8(11)12/h6-7H,2-5,9H2,1H3,(H,11,12). The first-order valence-corrected chi connectivity index (χ1v) is 7.94. The molecule has 0 saturated carbocycles. The number of carboxylic acid groups (broad SMARTS) is 1. The van der Waals surface area contributed by atoms with Crippen LogP contribution in [-0.2, 0) is 14.6 Å². The van der Waals surface area contributed by atoms with Gasteiger partial charge in [0.05, 0.1) is 0 Å². The number of rotatable bonds is 4. The Morgan fingerprint density at radius 3 is 2.75 bits per heavy atom. The van der Waals surface area contributed by atoms with Crippen molar-refractivity contribution in [3.8, 4) is 0 Å². The van der Waals surface area contributed by atoms with E-state index in [9.17, 15) is 13.2 Å². The van der Waals surface area contributed by atoms with Gasteiger partial charge in [0.25, 0.3) is 0 Å². The van der Waals surface area contributed by atoms with Crippen molar-refractivity contribution < 1.29 is 18.3 Å². The second-order valence-electron chi connectivity index (χ2n) is 3.69. The molecule has 1 saturated heterocycles. The summed E-state index contributed by atoms with van der Waals surface area (Å²) in [6.45, 7) is 0.364. The second-order valence-corrected chi connectivity index (χ2v) is 7.04. The molecule has 0 aromatic heterocycles. The van der Waals surface area contributed by atoms with Gasteiger partial charge in [-0.2, -0.15) is 11.8 Å². The van der Waals surface area contributed by atoms with E-state index in [1.807, 2.05) is 0 Å². The molecule has 1 aliphatic heterocycles. The van der Waals surface area contributed by atoms with E-state index >= 15 is 0 Å². The van der Waals surface area contributed by atoms with Crippen molar-refractivity contribution in [1.29, 1.82) is 0 Å². The van der Waals surface area contributed by atoms with Crippen LogP contribution < -0.4 is 5.73 Å². The molecule has 0 aromatic rings. The monoisotopic (exact) mass is 268 g/mol. The minimum atomic E-state index is -3.28. The summed E-state index contributed by atoms with van der Waals surface area (Å²) in [6, 6.07) is -0.916. The molecule has 1 rings (SSSR count). The fourth-order valence-electron chi connectivity index (χ4n) is 1.70. The topological polar surface area (TPSA) is 101 Å². The number of hydrogen-bond acceptors (Lipinski definition) is 6. The van der Waals surface area contributed by atoms with E-state index in [4.69, 9.17) is 10.8 Å². The third-order valence-corrected chi connectivity index (χ3v) is 5.19. The number of sulfone groups is 1. The second kappa shape index (κ2) is 5.35. The highest BCUT2D eigenvalue weighted by Gasteiger charge is 2.37. The van der Waals surface area contributed by atoms with E-state index in [1.165, 1.54) is 16.7 Å². The normalized spacial score (nSPS) is 25.2. The molecule has 0 aromatic carbocycles. The van der Waals surface area contributed by atoms with Crippen molar-refractivity contribution in [2.24, 2.45) is 5.73 Å². The smallest absolute Gasteiger partial charge is 0.322 e. The summed E-state index contributed by atoms with van der Waals surface area (Å²) in [5.41, 5.74) is 5.39. The highest BCUT2D eigenvalue weighted by Crippen LogP contribution is 2.22. The van der Waals surface area contributed by atoms with Gasteiger partial charge in [0.2, 0.25) is 0 Å². The van der Waals surface area contributed by atoms with Gasteiger partial charge in [0.15, 0.2) is 9.84 Å². The Bertz CT molecular complexity index is 357. The lowest BCUT2D eigenvalue weighted by Crippen LogP contribution is -2.56. The van der Waals surface area contributed by atoms with Crippen molar-refractivity contribution in [3.63, 3.8) is 0 Å². The van der Waals surface area contributed by atoms with E-state index in [-0.39, 0.29) is 6.54 Å². The summed E-state index contributed by atoms with van der Waals surface area (Å²) in [4.78, 5) is 12.5. The lowest BCUT2D eigenvalue weighted by atomic mass is 10.2. The van der Waals surface area contributed by atoms with Crippen LogP contribution in [0.2, 0.25) is 0 Å². The van der Waals surface area contributed by atoms with Crippen LogP contribution in [0.5, 0.6) is 0 Å². The van der Waals surface area contributed by atoms with Gasteiger partial charge < -0.3 is 10.8 Å². The van der Waals surface area contributed by atoms with E-state index < -0.39 is 27.2 Å². The zero-order chi connectivity index (χ0) is 12.3. The van der Waals surface area contributed by atoms with E-state index in [1.54, 1.807) is 0 Å². The van der Waals surface area contributed by atoms with Crippen molar-refractivity contribution in [1.82, 2.24) is 4.90 Å². The molecule has 0 radical (unpaired) electrons. The van der Waals surface area contributed by atoms with Crippen LogP contribution in [0, 0.1) is 0 Å². The first-order valence-electron chi connectivity index (χ1n) is 4.83. The molecule has 0 spiro atoms. The highest BCUT2D eigenvalue weighted by atomic mass is 32.2. The molecular formula is C8H16N2O4S2. The van der Waals surface area contributed by atoms with E-state index in [0.717, 1.165) is 12.0 Å². The maximum Gasteiger partial charge on any atom is 0.322 e. The third kappa shape index (κ3) is 3.09. The van der Waals surface area contributed by atoms with Crippen LogP contribution in [0.3, 0.4) is 0 Å². The zero-order valence-electron chi connectivity index (χ0n) is 9.00. The minimum Gasteiger partial charge on any atom is -0.480 e. The van der Waals surface area contributed by atoms with Crippen molar-refractivity contribution in [3.05, 3.63) is 0 Å². The van der Waals surface area contributed by atoms with Crippen molar-refractivity contribution in [2.75, 3.05) is 30.9 Å². The predicted molar refractivity (Wildman–Crippen MR) is 63.1 cm³/mol. The largest absolute Gasteiger partial charge is 0.480 e. The number of carboxylic acids is 1. The summed E-state index contributed by atoms with van der Waals surface area (Å²) in [6.07, 6.45) is 1.13. The Morgan fingerprint density at radius 1 is 1.69 bits per heavy atom. The lowest BCUT2D eigenvalue weighted by Gasteiger charge is -2.37. The van der Waals surface area contributed by atoms with Gasteiger partial charge in [-0.15, -0.1) is 0 Å². The Balaban J connectivity index is 2.93. The fraction of sp³-hybridized carbons (Fsp3) is 0.875. The van der Waals surface area contributed by atoms with Gasteiger partial charge in [0, 0.05) is 30.9 Å². The first-order chi connectivity index (χ1) is 7.38. The average molecular weight is 268 g/mol. The maximum absolute atomic E-state index is 11.6. The molecule has 1 fully saturated rings. The third-order valence-electron chi connectivity index (χ3n) is 2.53. The molecule has 0 aliphatic carbocycles. The number of nitrogens with zero attached hydrogens (tertiary/aromatic N) is 1. The van der Waals surface area contributed by atoms with Crippen molar-refractivity contribution in [2.45, 2.75) is 11.4 Å². The van der Waals surface area contributed by atoms with Gasteiger partial charge in [-0.1, -0.05) is 0 Å². The van der Waals surface area contributed by atoms with Crippen LogP contribution in [0.4, 0.5) is 0 Å². The van der Waals surface area contributed by atoms with Gasteiger partial charge in [-0.25, -0.2) is 8.42 Å². The maximum atomic E-state index is 11.6. The molecule has 0 bridgehead atoms. The summed E-state index contributed by atoms with van der Waals surface area (Å²) < 4.78 is 23.1. The summed E-state index contributed by atoms with van der Waals surface area (Å²) in [7, 11) is -3.28. The summed E-state index contributed by atoms with van der Waals surface area (Å²) in [5.74, 6) is 0.0707. The Kier molecular flexibility index (Phi) is 4.60. The zero-order valence-corrected chi connectivity index (χ0v) is 10.6. The van der Waals surface area contributed by atoms with Gasteiger partial charge in [0.1, 0.15) is 11.4 Å². The summed E-state index contributed by atoms with van der Waals surface area (Å²) in [5, 5.41) is 8.25. The van der Waals surface area contributed by atoms with Crippen LogP contribution in [-0.4, -0.2) is 66.7 Å². The lowest BCUT2D eigenvalue weighted by molar-refractivity contribution is -0.143. The number of nitrogens with two attached hydrogens (primary N) is 1. The highest BCUT2D eigenvalue weighted by molar-refractivity contribution is 8.00. The Labute approximate surface area is 99.1 Å². The molecule has 6 nitrogen and oxygen atoms in total. The van der Waals surface area contributed by atoms with Crippen LogP contribution >= 0.6 is 11.8 Å². The molecule has 3 N–H and O–H groups in total. The van der Waals surface area contributed by atoms with Gasteiger partial charge in [-0.3, -0.25) is 9.69 Å². The molecule has 2 atom stereocenters. The molecule has 0 amide bonds. The molecule has 16 heavy (non-hydrogen) atoms. The first kappa shape index (κ1) is 13.8. The molecule has 1 aliphatic rings. The number of carbonyl (C=O) groups is 1. The van der Waals surface area contributed by atoms with E-state index in [0.29, 0.717) is 12.3 Å². The Hall–Kier alpha value is -0.310. The number of hydrogen-bond donors (Lipinski definition) is 2. The predicted octanol–water partition coefficient (Wildman–Crippen LogP) is -1.18. The van der Waals surface area contributed by atoms with E-state index in [2.05, 4.69) is 0 Å².